The van der Waals surface area contributed by atoms with E-state index in [2.05, 4.69) is 41.5 Å². The van der Waals surface area contributed by atoms with Crippen molar-refractivity contribution >= 4 is 0 Å². The van der Waals surface area contributed by atoms with Gasteiger partial charge in [0.25, 0.3) is 0 Å². The van der Waals surface area contributed by atoms with E-state index in [0.29, 0.717) is 10.8 Å². The summed E-state index contributed by atoms with van der Waals surface area (Å²) in [4.78, 5) is 0. The van der Waals surface area contributed by atoms with E-state index in [1.54, 1.807) is 0 Å². The Morgan fingerprint density at radius 2 is 1.10 bits per heavy atom. The SMILES string of the molecule is CC.CC.CC.CCC1CC(C(C)(C)CC(C)(C)C)C1. The molecule has 1 saturated carbocycles. The van der Waals surface area contributed by atoms with Gasteiger partial charge in [0.2, 0.25) is 0 Å². The lowest BCUT2D eigenvalue weighted by molar-refractivity contribution is 0.0288. The van der Waals surface area contributed by atoms with E-state index < -0.39 is 0 Å². The predicted octanol–water partition coefficient (Wildman–Crippen LogP) is 7.96. The van der Waals surface area contributed by atoms with Gasteiger partial charge >= 0.3 is 0 Å². The summed E-state index contributed by atoms with van der Waals surface area (Å²) in [5.74, 6) is 2.03. The molecule has 0 atom stereocenters. The van der Waals surface area contributed by atoms with Gasteiger partial charge < -0.3 is 0 Å². The van der Waals surface area contributed by atoms with Gasteiger partial charge in [-0.3, -0.25) is 0 Å². The predicted molar refractivity (Wildman–Crippen MR) is 98.4 cm³/mol. The molecule has 126 valence electrons. The minimum absolute atomic E-state index is 0.487. The van der Waals surface area contributed by atoms with E-state index in [9.17, 15) is 0 Å². The number of rotatable bonds is 3. The monoisotopic (exact) mass is 286 g/mol. The van der Waals surface area contributed by atoms with Gasteiger partial charge in [0, 0.05) is 0 Å². The highest BCUT2D eigenvalue weighted by molar-refractivity contribution is 4.91. The zero-order chi connectivity index (χ0) is 17.0. The van der Waals surface area contributed by atoms with Crippen LogP contribution in [0.15, 0.2) is 0 Å². The lowest BCUT2D eigenvalue weighted by Gasteiger charge is -2.47. The highest BCUT2D eigenvalue weighted by atomic mass is 14.5. The molecule has 0 heteroatoms. The molecule has 0 N–H and O–H groups in total. The third-order valence-electron chi connectivity index (χ3n) is 3.90. The number of hydrogen-bond acceptors (Lipinski definition) is 0. The standard InChI is InChI=1S/C14H28.3C2H6/c1-7-11-8-12(9-11)14(5,6)10-13(2,3)4;3*1-2/h11-12H,7-10H2,1-6H3;3*1-2H3. The number of hydrogen-bond donors (Lipinski definition) is 0. The van der Waals surface area contributed by atoms with Crippen LogP contribution >= 0.6 is 0 Å². The van der Waals surface area contributed by atoms with Gasteiger partial charge in [-0.05, 0) is 41.9 Å². The Hall–Kier alpha value is 0. The van der Waals surface area contributed by atoms with Crippen LogP contribution in [0.5, 0.6) is 0 Å². The van der Waals surface area contributed by atoms with Crippen molar-refractivity contribution in [1.82, 2.24) is 0 Å². The summed E-state index contributed by atoms with van der Waals surface area (Å²) in [7, 11) is 0. The van der Waals surface area contributed by atoms with Crippen LogP contribution in [0.2, 0.25) is 0 Å². The van der Waals surface area contributed by atoms with Gasteiger partial charge in [0.1, 0.15) is 0 Å². The van der Waals surface area contributed by atoms with Crippen LogP contribution in [-0.4, -0.2) is 0 Å². The highest BCUT2D eigenvalue weighted by Crippen LogP contribution is 2.50. The Bertz CT molecular complexity index is 177. The smallest absolute Gasteiger partial charge is 0.0321 e. The lowest BCUT2D eigenvalue weighted by Crippen LogP contribution is -2.37. The van der Waals surface area contributed by atoms with E-state index in [1.165, 1.54) is 25.7 Å². The maximum Gasteiger partial charge on any atom is -0.0321 e. The Labute approximate surface area is 132 Å². The Morgan fingerprint density at radius 1 is 0.750 bits per heavy atom. The van der Waals surface area contributed by atoms with Crippen LogP contribution in [0.1, 0.15) is 109 Å². The Kier molecular flexibility index (Phi) is 15.9. The van der Waals surface area contributed by atoms with Crippen molar-refractivity contribution in [3.8, 4) is 0 Å². The molecule has 1 aliphatic carbocycles. The topological polar surface area (TPSA) is 0 Å². The minimum Gasteiger partial charge on any atom is -0.0683 e. The molecule has 1 rings (SSSR count). The van der Waals surface area contributed by atoms with Gasteiger partial charge in [-0.2, -0.15) is 0 Å². The van der Waals surface area contributed by atoms with E-state index in [4.69, 9.17) is 0 Å². The molecule has 0 saturated heterocycles. The zero-order valence-electron chi connectivity index (χ0n) is 17.0. The van der Waals surface area contributed by atoms with Crippen molar-refractivity contribution in [2.24, 2.45) is 22.7 Å². The van der Waals surface area contributed by atoms with E-state index >= 15 is 0 Å². The molecule has 0 amide bonds. The molecular formula is C20H46. The van der Waals surface area contributed by atoms with Crippen molar-refractivity contribution in [1.29, 1.82) is 0 Å². The van der Waals surface area contributed by atoms with Crippen molar-refractivity contribution in [3.05, 3.63) is 0 Å². The van der Waals surface area contributed by atoms with Gasteiger partial charge in [0.05, 0.1) is 0 Å². The molecule has 1 aliphatic rings. The molecule has 0 radical (unpaired) electrons. The summed E-state index contributed by atoms with van der Waals surface area (Å²) in [5.41, 5.74) is 1.05. The van der Waals surface area contributed by atoms with Gasteiger partial charge in [-0.25, -0.2) is 0 Å². The quantitative estimate of drug-likeness (QED) is 0.493. The molecule has 1 fully saturated rings. The Morgan fingerprint density at radius 3 is 1.35 bits per heavy atom. The fourth-order valence-electron chi connectivity index (χ4n) is 3.22. The fourth-order valence-corrected chi connectivity index (χ4v) is 3.22. The first-order valence-electron chi connectivity index (χ1n) is 9.24. The summed E-state index contributed by atoms with van der Waals surface area (Å²) >= 11 is 0. The average Bonchev–Trinajstić information content (AvgIpc) is 2.32. The van der Waals surface area contributed by atoms with Crippen LogP contribution in [-0.2, 0) is 0 Å². The van der Waals surface area contributed by atoms with Crippen molar-refractivity contribution in [2.45, 2.75) is 109 Å². The first-order chi connectivity index (χ1) is 9.24. The van der Waals surface area contributed by atoms with Gasteiger partial charge in [0.15, 0.2) is 0 Å². The van der Waals surface area contributed by atoms with Crippen molar-refractivity contribution in [2.75, 3.05) is 0 Å². The largest absolute Gasteiger partial charge is 0.0683 e. The lowest BCUT2D eigenvalue weighted by atomic mass is 9.58. The molecule has 0 bridgehead atoms. The van der Waals surface area contributed by atoms with Crippen molar-refractivity contribution in [3.63, 3.8) is 0 Å². The van der Waals surface area contributed by atoms with Crippen molar-refractivity contribution < 1.29 is 0 Å². The van der Waals surface area contributed by atoms with Crippen LogP contribution in [0.3, 0.4) is 0 Å². The molecule has 0 aromatic rings. The van der Waals surface area contributed by atoms with Gasteiger partial charge in [-0.1, -0.05) is 89.5 Å². The summed E-state index contributed by atoms with van der Waals surface area (Å²) in [6.07, 6.45) is 5.72. The zero-order valence-corrected chi connectivity index (χ0v) is 17.0. The highest BCUT2D eigenvalue weighted by Gasteiger charge is 2.40. The second kappa shape index (κ2) is 12.7. The average molecular weight is 287 g/mol. The molecule has 0 aliphatic heterocycles. The van der Waals surface area contributed by atoms with Crippen LogP contribution in [0.4, 0.5) is 0 Å². The van der Waals surface area contributed by atoms with Crippen LogP contribution in [0, 0.1) is 22.7 Å². The van der Waals surface area contributed by atoms with E-state index in [0.717, 1.165) is 11.8 Å². The third-order valence-corrected chi connectivity index (χ3v) is 3.90. The fraction of sp³-hybridized carbons (Fsp3) is 1.00. The molecule has 0 aromatic carbocycles. The van der Waals surface area contributed by atoms with Crippen LogP contribution in [0.25, 0.3) is 0 Å². The van der Waals surface area contributed by atoms with Crippen LogP contribution < -0.4 is 0 Å². The molecular weight excluding hydrogens is 240 g/mol. The summed E-state index contributed by atoms with van der Waals surface area (Å²) < 4.78 is 0. The minimum atomic E-state index is 0.487. The first kappa shape index (κ1) is 25.0. The molecule has 0 nitrogen and oxygen atoms in total. The maximum absolute atomic E-state index is 2.47. The first-order valence-corrected chi connectivity index (χ1v) is 9.24. The second-order valence-electron chi connectivity index (χ2n) is 7.17. The van der Waals surface area contributed by atoms with E-state index in [1.807, 2.05) is 41.5 Å². The third kappa shape index (κ3) is 10.7. The second-order valence-corrected chi connectivity index (χ2v) is 7.17. The molecule has 0 heterocycles. The molecule has 20 heavy (non-hydrogen) atoms. The van der Waals surface area contributed by atoms with E-state index in [-0.39, 0.29) is 0 Å². The van der Waals surface area contributed by atoms with Gasteiger partial charge in [-0.15, -0.1) is 0 Å². The molecule has 0 spiro atoms. The molecule has 0 unspecified atom stereocenters. The molecule has 0 aromatic heterocycles. The normalized spacial score (nSPS) is 21.0. The summed E-state index contributed by atoms with van der Waals surface area (Å²) in [6.45, 7) is 26.4. The summed E-state index contributed by atoms with van der Waals surface area (Å²) in [5, 5.41) is 0. The maximum atomic E-state index is 2.47. The summed E-state index contributed by atoms with van der Waals surface area (Å²) in [6, 6.07) is 0. The Balaban J connectivity index is -0.000000425.